The van der Waals surface area contributed by atoms with E-state index in [1.165, 1.54) is 18.4 Å². The fourth-order valence-electron chi connectivity index (χ4n) is 3.40. The van der Waals surface area contributed by atoms with Gasteiger partial charge in [-0.3, -0.25) is 0 Å². The standard InChI is InChI=1S/C19H23N/c1-20(2)18-13-16-10-6-7-11-19(16)17(14-18)12-15-8-4-3-5-9-15/h3-11,17-18H,12-14H2,1-2H3. The Bertz CT molecular complexity index is 559. The normalized spacial score (nSPS) is 21.8. The highest BCUT2D eigenvalue weighted by atomic mass is 15.1. The first-order valence-electron chi connectivity index (χ1n) is 7.52. The van der Waals surface area contributed by atoms with Crippen LogP contribution >= 0.6 is 0 Å². The molecule has 1 nitrogen and oxygen atoms in total. The fraction of sp³-hybridized carbons (Fsp3) is 0.368. The van der Waals surface area contributed by atoms with Crippen molar-refractivity contribution in [3.63, 3.8) is 0 Å². The van der Waals surface area contributed by atoms with Crippen molar-refractivity contribution < 1.29 is 0 Å². The van der Waals surface area contributed by atoms with Crippen molar-refractivity contribution in [2.24, 2.45) is 0 Å². The first-order valence-corrected chi connectivity index (χ1v) is 7.52. The van der Waals surface area contributed by atoms with Crippen LogP contribution in [0.15, 0.2) is 54.6 Å². The minimum Gasteiger partial charge on any atom is -0.306 e. The third-order valence-corrected chi connectivity index (χ3v) is 4.56. The Morgan fingerprint density at radius 3 is 2.40 bits per heavy atom. The molecule has 104 valence electrons. The van der Waals surface area contributed by atoms with E-state index in [0.29, 0.717) is 12.0 Å². The number of hydrogen-bond acceptors (Lipinski definition) is 1. The van der Waals surface area contributed by atoms with Crippen molar-refractivity contribution in [2.45, 2.75) is 31.2 Å². The van der Waals surface area contributed by atoms with Crippen LogP contribution in [0.4, 0.5) is 0 Å². The second-order valence-electron chi connectivity index (χ2n) is 6.14. The van der Waals surface area contributed by atoms with Crippen molar-refractivity contribution in [1.29, 1.82) is 0 Å². The van der Waals surface area contributed by atoms with Gasteiger partial charge in [-0.2, -0.15) is 0 Å². The predicted molar refractivity (Wildman–Crippen MR) is 85.1 cm³/mol. The summed E-state index contributed by atoms with van der Waals surface area (Å²) in [6, 6.07) is 20.6. The van der Waals surface area contributed by atoms with Crippen LogP contribution < -0.4 is 0 Å². The molecule has 1 aliphatic carbocycles. The molecule has 0 radical (unpaired) electrons. The van der Waals surface area contributed by atoms with E-state index in [4.69, 9.17) is 0 Å². The van der Waals surface area contributed by atoms with Crippen molar-refractivity contribution in [3.8, 4) is 0 Å². The molecule has 2 aromatic rings. The average molecular weight is 265 g/mol. The van der Waals surface area contributed by atoms with Gasteiger partial charge >= 0.3 is 0 Å². The van der Waals surface area contributed by atoms with Crippen LogP contribution in [0.3, 0.4) is 0 Å². The van der Waals surface area contributed by atoms with Gasteiger partial charge in [0.1, 0.15) is 0 Å². The van der Waals surface area contributed by atoms with Crippen LogP contribution in [0.25, 0.3) is 0 Å². The van der Waals surface area contributed by atoms with E-state index in [-0.39, 0.29) is 0 Å². The van der Waals surface area contributed by atoms with E-state index in [2.05, 4.69) is 73.6 Å². The summed E-state index contributed by atoms with van der Waals surface area (Å²) < 4.78 is 0. The van der Waals surface area contributed by atoms with Gasteiger partial charge in [0, 0.05) is 6.04 Å². The zero-order valence-electron chi connectivity index (χ0n) is 12.4. The Balaban J connectivity index is 1.89. The van der Waals surface area contributed by atoms with Crippen LogP contribution in [-0.4, -0.2) is 25.0 Å². The summed E-state index contributed by atoms with van der Waals surface area (Å²) in [5.74, 6) is 0.648. The molecular weight excluding hydrogens is 242 g/mol. The van der Waals surface area contributed by atoms with Gasteiger partial charge in [-0.1, -0.05) is 54.6 Å². The summed E-state index contributed by atoms with van der Waals surface area (Å²) in [7, 11) is 4.41. The van der Waals surface area contributed by atoms with E-state index >= 15 is 0 Å². The third-order valence-electron chi connectivity index (χ3n) is 4.56. The Morgan fingerprint density at radius 1 is 0.950 bits per heavy atom. The first-order chi connectivity index (χ1) is 9.74. The van der Waals surface area contributed by atoms with Crippen LogP contribution in [0.1, 0.15) is 29.0 Å². The Kier molecular flexibility index (Phi) is 3.88. The van der Waals surface area contributed by atoms with Crippen LogP contribution in [0.5, 0.6) is 0 Å². The number of fused-ring (bicyclic) bond motifs is 1. The molecule has 0 heterocycles. The zero-order chi connectivity index (χ0) is 13.9. The zero-order valence-corrected chi connectivity index (χ0v) is 12.4. The van der Waals surface area contributed by atoms with E-state index in [1.807, 2.05) is 0 Å². The van der Waals surface area contributed by atoms with Gasteiger partial charge in [-0.25, -0.2) is 0 Å². The molecule has 2 atom stereocenters. The fourth-order valence-corrected chi connectivity index (χ4v) is 3.40. The van der Waals surface area contributed by atoms with Gasteiger partial charge in [0.15, 0.2) is 0 Å². The lowest BCUT2D eigenvalue weighted by Gasteiger charge is -2.35. The molecule has 2 aromatic carbocycles. The summed E-state index contributed by atoms with van der Waals surface area (Å²) in [6.45, 7) is 0. The highest BCUT2D eigenvalue weighted by molar-refractivity contribution is 5.35. The van der Waals surface area contributed by atoms with Gasteiger partial charge in [-0.15, -0.1) is 0 Å². The number of nitrogens with zero attached hydrogens (tertiary/aromatic N) is 1. The number of benzene rings is 2. The molecule has 0 spiro atoms. The van der Waals surface area contributed by atoms with Gasteiger partial charge in [-0.05, 0) is 56.0 Å². The molecular formula is C19H23N. The highest BCUT2D eigenvalue weighted by Gasteiger charge is 2.27. The SMILES string of the molecule is CN(C)C1Cc2ccccc2C(Cc2ccccc2)C1. The van der Waals surface area contributed by atoms with Crippen molar-refractivity contribution in [2.75, 3.05) is 14.1 Å². The van der Waals surface area contributed by atoms with Crippen LogP contribution in [0.2, 0.25) is 0 Å². The molecule has 2 unspecified atom stereocenters. The van der Waals surface area contributed by atoms with E-state index in [0.717, 1.165) is 6.42 Å². The summed E-state index contributed by atoms with van der Waals surface area (Å²) in [4.78, 5) is 2.38. The molecule has 0 fully saturated rings. The molecule has 0 N–H and O–H groups in total. The van der Waals surface area contributed by atoms with Gasteiger partial charge in [0.25, 0.3) is 0 Å². The minimum absolute atomic E-state index is 0.648. The summed E-state index contributed by atoms with van der Waals surface area (Å²) in [6.07, 6.45) is 3.61. The van der Waals surface area contributed by atoms with Crippen LogP contribution in [-0.2, 0) is 12.8 Å². The summed E-state index contributed by atoms with van der Waals surface area (Å²) >= 11 is 0. The van der Waals surface area contributed by atoms with Crippen molar-refractivity contribution in [3.05, 3.63) is 71.3 Å². The topological polar surface area (TPSA) is 3.24 Å². The molecule has 0 saturated heterocycles. The molecule has 0 saturated carbocycles. The summed E-state index contributed by atoms with van der Waals surface area (Å²) in [5.41, 5.74) is 4.56. The second-order valence-corrected chi connectivity index (χ2v) is 6.14. The molecule has 1 aliphatic rings. The first kappa shape index (κ1) is 13.4. The van der Waals surface area contributed by atoms with E-state index < -0.39 is 0 Å². The number of hydrogen-bond donors (Lipinski definition) is 0. The second kappa shape index (κ2) is 5.80. The van der Waals surface area contributed by atoms with E-state index in [1.54, 1.807) is 11.1 Å². The molecule has 3 rings (SSSR count). The Labute approximate surface area is 122 Å². The third kappa shape index (κ3) is 2.78. The van der Waals surface area contributed by atoms with Crippen molar-refractivity contribution >= 4 is 0 Å². The smallest absolute Gasteiger partial charge is 0.0136 e. The molecule has 0 bridgehead atoms. The van der Waals surface area contributed by atoms with Crippen molar-refractivity contribution in [1.82, 2.24) is 4.90 Å². The average Bonchev–Trinajstić information content (AvgIpc) is 2.48. The Morgan fingerprint density at radius 2 is 1.65 bits per heavy atom. The maximum absolute atomic E-state index is 2.38. The quantitative estimate of drug-likeness (QED) is 0.814. The molecule has 1 heteroatoms. The highest BCUT2D eigenvalue weighted by Crippen LogP contribution is 2.35. The number of likely N-dealkylation sites (N-methyl/N-ethyl adjacent to an activating group) is 1. The molecule has 20 heavy (non-hydrogen) atoms. The molecule has 0 amide bonds. The largest absolute Gasteiger partial charge is 0.306 e. The van der Waals surface area contributed by atoms with Gasteiger partial charge in [0.05, 0.1) is 0 Å². The minimum atomic E-state index is 0.648. The molecule has 0 aromatic heterocycles. The lowest BCUT2D eigenvalue weighted by molar-refractivity contribution is 0.250. The maximum Gasteiger partial charge on any atom is 0.0136 e. The monoisotopic (exact) mass is 265 g/mol. The van der Waals surface area contributed by atoms with E-state index in [9.17, 15) is 0 Å². The molecule has 0 aliphatic heterocycles. The van der Waals surface area contributed by atoms with Gasteiger partial charge < -0.3 is 4.90 Å². The summed E-state index contributed by atoms with van der Waals surface area (Å²) in [5, 5.41) is 0. The van der Waals surface area contributed by atoms with Crippen LogP contribution in [0, 0.1) is 0 Å². The lowest BCUT2D eigenvalue weighted by Crippen LogP contribution is -2.35. The Hall–Kier alpha value is -1.60. The number of rotatable bonds is 3. The predicted octanol–water partition coefficient (Wildman–Crippen LogP) is 3.89. The maximum atomic E-state index is 2.38. The lowest BCUT2D eigenvalue weighted by atomic mass is 9.77. The van der Waals surface area contributed by atoms with Gasteiger partial charge in [0.2, 0.25) is 0 Å².